The summed E-state index contributed by atoms with van der Waals surface area (Å²) in [6.07, 6.45) is 3.96. The van der Waals surface area contributed by atoms with E-state index in [1.165, 1.54) is 0 Å². The number of hydrogen-bond acceptors (Lipinski definition) is 6. The van der Waals surface area contributed by atoms with E-state index in [0.717, 1.165) is 12.5 Å². The van der Waals surface area contributed by atoms with E-state index in [-0.39, 0.29) is 0 Å². The Labute approximate surface area is 189 Å². The van der Waals surface area contributed by atoms with Crippen LogP contribution in [-0.4, -0.2) is 41.5 Å². The Morgan fingerprint density at radius 3 is 2.26 bits per heavy atom. The van der Waals surface area contributed by atoms with Gasteiger partial charge in [0.15, 0.2) is 0 Å². The van der Waals surface area contributed by atoms with Crippen LogP contribution in [0, 0.1) is 3.57 Å². The molecule has 1 fully saturated rings. The van der Waals surface area contributed by atoms with Crippen molar-refractivity contribution in [3.05, 3.63) is 42.6 Å². The first kappa shape index (κ1) is 22.8. The standard InChI is InChI=1S/C11H14BrNO3.C7H7BrINO/c1-2-16-10-9(5-8(12)6-13-10)11(14)3-4-15-7-11;1-2-11-7-6(9)3-5(8)4-10-7/h5-6,14H,2-4,7H2,1H3;3-4H,2H2,1H3. The molecule has 3 rings (SSSR count). The maximum absolute atomic E-state index is 10.4. The normalized spacial score (nSPS) is 18.6. The van der Waals surface area contributed by atoms with Gasteiger partial charge in [-0.15, -0.1) is 0 Å². The van der Waals surface area contributed by atoms with Crippen LogP contribution in [0.1, 0.15) is 25.8 Å². The Kier molecular flexibility index (Phi) is 9.20. The smallest absolute Gasteiger partial charge is 0.227 e. The highest BCUT2D eigenvalue weighted by molar-refractivity contribution is 14.1. The highest BCUT2D eigenvalue weighted by Gasteiger charge is 2.37. The molecule has 1 aliphatic heterocycles. The van der Waals surface area contributed by atoms with Gasteiger partial charge in [0.05, 0.1) is 23.4 Å². The van der Waals surface area contributed by atoms with Gasteiger partial charge in [0.2, 0.25) is 11.8 Å². The maximum Gasteiger partial charge on any atom is 0.227 e. The van der Waals surface area contributed by atoms with Crippen molar-refractivity contribution in [2.24, 2.45) is 0 Å². The molecule has 1 aliphatic rings. The largest absolute Gasteiger partial charge is 0.478 e. The van der Waals surface area contributed by atoms with Crippen molar-refractivity contribution in [2.45, 2.75) is 25.9 Å². The average molecular weight is 616 g/mol. The van der Waals surface area contributed by atoms with E-state index in [1.54, 1.807) is 12.4 Å². The van der Waals surface area contributed by atoms with Gasteiger partial charge in [0, 0.05) is 39.9 Å². The van der Waals surface area contributed by atoms with Crippen LogP contribution in [0.25, 0.3) is 0 Å². The lowest BCUT2D eigenvalue weighted by Crippen LogP contribution is -2.27. The van der Waals surface area contributed by atoms with Gasteiger partial charge in [-0.1, -0.05) is 0 Å². The molecular weight excluding hydrogens is 595 g/mol. The summed E-state index contributed by atoms with van der Waals surface area (Å²) in [6, 6.07) is 3.81. The average Bonchev–Trinajstić information content (AvgIpc) is 3.08. The Balaban J connectivity index is 0.000000208. The number of hydrogen-bond donors (Lipinski definition) is 1. The molecular formula is C18H21Br2IN2O4. The van der Waals surface area contributed by atoms with Gasteiger partial charge >= 0.3 is 0 Å². The molecule has 1 unspecified atom stereocenters. The third-order valence-corrected chi connectivity index (χ3v) is 5.30. The zero-order chi connectivity index (χ0) is 19.9. The van der Waals surface area contributed by atoms with Crippen molar-refractivity contribution in [3.63, 3.8) is 0 Å². The van der Waals surface area contributed by atoms with Gasteiger partial charge in [-0.05, 0) is 80.4 Å². The molecule has 0 spiro atoms. The third kappa shape index (κ3) is 6.52. The fourth-order valence-electron chi connectivity index (χ4n) is 2.42. The molecule has 0 saturated carbocycles. The van der Waals surface area contributed by atoms with Gasteiger partial charge in [0.1, 0.15) is 5.60 Å². The molecule has 0 radical (unpaired) electrons. The molecule has 148 valence electrons. The SMILES string of the molecule is CCOc1ncc(Br)cc1C1(O)CCOC1.CCOc1ncc(Br)cc1I. The van der Waals surface area contributed by atoms with Gasteiger partial charge < -0.3 is 19.3 Å². The molecule has 1 atom stereocenters. The lowest BCUT2D eigenvalue weighted by atomic mass is 9.94. The van der Waals surface area contributed by atoms with E-state index >= 15 is 0 Å². The van der Waals surface area contributed by atoms with Crippen molar-refractivity contribution >= 4 is 54.5 Å². The van der Waals surface area contributed by atoms with Crippen molar-refractivity contribution in [1.82, 2.24) is 9.97 Å². The monoisotopic (exact) mass is 614 g/mol. The van der Waals surface area contributed by atoms with Crippen LogP contribution in [0.3, 0.4) is 0 Å². The van der Waals surface area contributed by atoms with E-state index in [4.69, 9.17) is 14.2 Å². The summed E-state index contributed by atoms with van der Waals surface area (Å²) in [7, 11) is 0. The second kappa shape index (κ2) is 10.9. The van der Waals surface area contributed by atoms with Gasteiger partial charge in [-0.3, -0.25) is 0 Å². The van der Waals surface area contributed by atoms with Crippen molar-refractivity contribution in [1.29, 1.82) is 0 Å². The number of halogens is 3. The molecule has 27 heavy (non-hydrogen) atoms. The molecule has 1 saturated heterocycles. The highest BCUT2D eigenvalue weighted by Crippen LogP contribution is 2.36. The molecule has 0 aromatic carbocycles. The van der Waals surface area contributed by atoms with Crippen LogP contribution in [0.4, 0.5) is 0 Å². The second-order valence-electron chi connectivity index (χ2n) is 5.65. The minimum Gasteiger partial charge on any atom is -0.478 e. The summed E-state index contributed by atoms with van der Waals surface area (Å²) >= 11 is 8.87. The summed E-state index contributed by atoms with van der Waals surface area (Å²) in [5.41, 5.74) is -0.275. The van der Waals surface area contributed by atoms with Gasteiger partial charge in [-0.25, -0.2) is 9.97 Å². The van der Waals surface area contributed by atoms with Crippen LogP contribution in [0.5, 0.6) is 11.8 Å². The Bertz CT molecular complexity index is 758. The number of rotatable bonds is 5. The Hall–Kier alpha value is -0.490. The van der Waals surface area contributed by atoms with Gasteiger partial charge in [-0.2, -0.15) is 0 Å². The summed E-state index contributed by atoms with van der Waals surface area (Å²) in [6.45, 7) is 5.88. The van der Waals surface area contributed by atoms with Crippen LogP contribution in [-0.2, 0) is 10.3 Å². The molecule has 0 amide bonds. The quantitative estimate of drug-likeness (QED) is 0.492. The molecule has 0 bridgehead atoms. The first-order valence-corrected chi connectivity index (χ1v) is 11.1. The van der Waals surface area contributed by atoms with Crippen LogP contribution in [0.15, 0.2) is 33.5 Å². The fourth-order valence-corrected chi connectivity index (χ4v) is 4.14. The van der Waals surface area contributed by atoms with Crippen LogP contribution in [0.2, 0.25) is 0 Å². The molecule has 2 aromatic heterocycles. The van der Waals surface area contributed by atoms with Crippen molar-refractivity contribution in [3.8, 4) is 11.8 Å². The summed E-state index contributed by atoms with van der Waals surface area (Å²) in [5.74, 6) is 1.19. The first-order valence-electron chi connectivity index (χ1n) is 8.42. The van der Waals surface area contributed by atoms with E-state index in [9.17, 15) is 5.11 Å². The number of nitrogens with zero attached hydrogens (tertiary/aromatic N) is 2. The third-order valence-electron chi connectivity index (χ3n) is 3.66. The number of aromatic nitrogens is 2. The predicted molar refractivity (Wildman–Crippen MR) is 118 cm³/mol. The number of aliphatic hydroxyl groups is 1. The zero-order valence-corrected chi connectivity index (χ0v) is 20.4. The lowest BCUT2D eigenvalue weighted by molar-refractivity contribution is 0.0202. The Morgan fingerprint density at radius 2 is 1.70 bits per heavy atom. The Morgan fingerprint density at radius 1 is 1.11 bits per heavy atom. The lowest BCUT2D eigenvalue weighted by Gasteiger charge is -2.23. The van der Waals surface area contributed by atoms with Crippen molar-refractivity contribution in [2.75, 3.05) is 26.4 Å². The summed E-state index contributed by atoms with van der Waals surface area (Å²) in [4.78, 5) is 8.26. The minimum absolute atomic E-state index is 0.297. The van der Waals surface area contributed by atoms with E-state index < -0.39 is 5.60 Å². The molecule has 3 heterocycles. The van der Waals surface area contributed by atoms with Crippen molar-refractivity contribution < 1.29 is 19.3 Å². The maximum atomic E-state index is 10.4. The van der Waals surface area contributed by atoms with E-state index in [1.807, 2.05) is 26.0 Å². The molecule has 2 aromatic rings. The first-order chi connectivity index (χ1) is 12.9. The number of ether oxygens (including phenoxy) is 3. The molecule has 6 nitrogen and oxygen atoms in total. The highest BCUT2D eigenvalue weighted by atomic mass is 127. The zero-order valence-electron chi connectivity index (χ0n) is 15.0. The minimum atomic E-state index is -0.971. The topological polar surface area (TPSA) is 73.7 Å². The second-order valence-corrected chi connectivity index (χ2v) is 8.64. The van der Waals surface area contributed by atoms with Crippen LogP contribution >= 0.6 is 54.5 Å². The molecule has 1 N–H and O–H groups in total. The van der Waals surface area contributed by atoms with E-state index in [2.05, 4.69) is 64.4 Å². The molecule has 9 heteroatoms. The molecule has 0 aliphatic carbocycles. The van der Waals surface area contributed by atoms with E-state index in [0.29, 0.717) is 50.2 Å². The van der Waals surface area contributed by atoms with Crippen LogP contribution < -0.4 is 9.47 Å². The number of pyridine rings is 2. The fraction of sp³-hybridized carbons (Fsp3) is 0.444. The predicted octanol–water partition coefficient (Wildman–Crippen LogP) is 4.70. The summed E-state index contributed by atoms with van der Waals surface area (Å²) in [5, 5.41) is 10.4. The summed E-state index contributed by atoms with van der Waals surface area (Å²) < 4.78 is 18.7. The van der Waals surface area contributed by atoms with Gasteiger partial charge in [0.25, 0.3) is 0 Å².